The number of anilines is 2. The van der Waals surface area contributed by atoms with Gasteiger partial charge in [0.05, 0.1) is 0 Å². The van der Waals surface area contributed by atoms with Crippen molar-refractivity contribution in [2.45, 2.75) is 26.8 Å². The molecular formula is C14H18N4S. The molecule has 1 aliphatic rings. The minimum Gasteiger partial charge on any atom is -0.370 e. The molecule has 3 heterocycles. The summed E-state index contributed by atoms with van der Waals surface area (Å²) < 4.78 is 0. The van der Waals surface area contributed by atoms with Crippen LogP contribution in [0.5, 0.6) is 0 Å². The fourth-order valence-electron chi connectivity index (χ4n) is 2.53. The Hall–Kier alpha value is -1.62. The Balaban J connectivity index is 1.89. The number of fused-ring (bicyclic) bond motifs is 1. The van der Waals surface area contributed by atoms with Crippen LogP contribution in [0.4, 0.5) is 11.6 Å². The summed E-state index contributed by atoms with van der Waals surface area (Å²) in [5, 5.41) is 5.48. The third-order valence-corrected chi connectivity index (χ3v) is 4.53. The zero-order valence-electron chi connectivity index (χ0n) is 11.3. The maximum absolute atomic E-state index is 4.48. The zero-order chi connectivity index (χ0) is 13.2. The van der Waals surface area contributed by atoms with Gasteiger partial charge in [-0.1, -0.05) is 0 Å². The Morgan fingerprint density at radius 1 is 1.42 bits per heavy atom. The highest BCUT2D eigenvalue weighted by molar-refractivity contribution is 7.10. The van der Waals surface area contributed by atoms with Gasteiger partial charge in [-0.25, -0.2) is 9.97 Å². The van der Waals surface area contributed by atoms with Gasteiger partial charge in [-0.15, -0.1) is 11.3 Å². The summed E-state index contributed by atoms with van der Waals surface area (Å²) in [6.07, 6.45) is 2.77. The van der Waals surface area contributed by atoms with Crippen LogP contribution in [0.15, 0.2) is 17.8 Å². The molecule has 2 aromatic rings. The lowest BCUT2D eigenvalue weighted by molar-refractivity contribution is 0.727. The maximum Gasteiger partial charge on any atom is 0.137 e. The Morgan fingerprint density at radius 3 is 3.16 bits per heavy atom. The van der Waals surface area contributed by atoms with Crippen LogP contribution in [-0.4, -0.2) is 23.1 Å². The van der Waals surface area contributed by atoms with Crippen LogP contribution >= 0.6 is 11.3 Å². The molecule has 5 heteroatoms. The van der Waals surface area contributed by atoms with E-state index in [0.29, 0.717) is 0 Å². The molecule has 0 fully saturated rings. The van der Waals surface area contributed by atoms with Crippen molar-refractivity contribution in [1.82, 2.24) is 9.97 Å². The largest absolute Gasteiger partial charge is 0.370 e. The van der Waals surface area contributed by atoms with Gasteiger partial charge < -0.3 is 10.2 Å². The lowest BCUT2D eigenvalue weighted by Crippen LogP contribution is -2.31. The van der Waals surface area contributed by atoms with Crippen LogP contribution in [0, 0.1) is 6.92 Å². The Bertz CT molecular complexity index is 579. The van der Waals surface area contributed by atoms with Crippen molar-refractivity contribution >= 4 is 23.0 Å². The molecule has 0 saturated carbocycles. The summed E-state index contributed by atoms with van der Waals surface area (Å²) in [4.78, 5) is 12.7. The first-order valence-electron chi connectivity index (χ1n) is 6.65. The summed E-state index contributed by atoms with van der Waals surface area (Å²) in [6, 6.07) is 2.23. The predicted octanol–water partition coefficient (Wildman–Crippen LogP) is 2.84. The van der Waals surface area contributed by atoms with Crippen LogP contribution in [-0.2, 0) is 13.0 Å². The molecule has 0 atom stereocenters. The van der Waals surface area contributed by atoms with Crippen LogP contribution in [0.3, 0.4) is 0 Å². The van der Waals surface area contributed by atoms with E-state index in [1.807, 2.05) is 11.3 Å². The molecule has 0 bridgehead atoms. The number of nitrogens with zero attached hydrogens (tertiary/aromatic N) is 3. The summed E-state index contributed by atoms with van der Waals surface area (Å²) in [7, 11) is 0. The minimum atomic E-state index is 0.881. The SMILES string of the molecule is CCNc1ncnc(N2CCc3sccc3C2)c1C. The van der Waals surface area contributed by atoms with Crippen molar-refractivity contribution in [3.05, 3.63) is 33.8 Å². The molecule has 1 aliphatic heterocycles. The first-order chi connectivity index (χ1) is 9.29. The molecule has 100 valence electrons. The summed E-state index contributed by atoms with van der Waals surface area (Å²) in [5.41, 5.74) is 2.59. The smallest absolute Gasteiger partial charge is 0.137 e. The molecule has 0 aliphatic carbocycles. The highest BCUT2D eigenvalue weighted by atomic mass is 32.1. The first-order valence-corrected chi connectivity index (χ1v) is 7.53. The second-order valence-electron chi connectivity index (χ2n) is 4.74. The van der Waals surface area contributed by atoms with Crippen molar-refractivity contribution < 1.29 is 0 Å². The predicted molar refractivity (Wildman–Crippen MR) is 80.0 cm³/mol. The lowest BCUT2D eigenvalue weighted by atomic mass is 10.1. The zero-order valence-corrected chi connectivity index (χ0v) is 12.1. The molecule has 19 heavy (non-hydrogen) atoms. The molecular weight excluding hydrogens is 256 g/mol. The number of hydrogen-bond donors (Lipinski definition) is 1. The fraction of sp³-hybridized carbons (Fsp3) is 0.429. The van der Waals surface area contributed by atoms with Crippen LogP contribution in [0.2, 0.25) is 0 Å². The van der Waals surface area contributed by atoms with Crippen molar-refractivity contribution in [2.24, 2.45) is 0 Å². The quantitative estimate of drug-likeness (QED) is 0.934. The van der Waals surface area contributed by atoms with E-state index in [0.717, 1.165) is 43.3 Å². The van der Waals surface area contributed by atoms with E-state index in [1.54, 1.807) is 6.33 Å². The molecule has 0 radical (unpaired) electrons. The van der Waals surface area contributed by atoms with Gasteiger partial charge >= 0.3 is 0 Å². The van der Waals surface area contributed by atoms with Gasteiger partial charge in [-0.3, -0.25) is 0 Å². The highest BCUT2D eigenvalue weighted by Gasteiger charge is 2.20. The monoisotopic (exact) mass is 274 g/mol. The molecule has 0 spiro atoms. The molecule has 2 aromatic heterocycles. The number of aromatic nitrogens is 2. The first kappa shape index (κ1) is 12.4. The Morgan fingerprint density at radius 2 is 2.32 bits per heavy atom. The van der Waals surface area contributed by atoms with E-state index in [4.69, 9.17) is 0 Å². The average Bonchev–Trinajstić information content (AvgIpc) is 2.88. The summed E-state index contributed by atoms with van der Waals surface area (Å²) >= 11 is 1.87. The topological polar surface area (TPSA) is 41.1 Å². The van der Waals surface area contributed by atoms with Gasteiger partial charge in [0.25, 0.3) is 0 Å². The van der Waals surface area contributed by atoms with Gasteiger partial charge in [0, 0.05) is 30.1 Å². The van der Waals surface area contributed by atoms with Gasteiger partial charge in [-0.05, 0) is 37.3 Å². The molecule has 0 saturated heterocycles. The van der Waals surface area contributed by atoms with Crippen molar-refractivity contribution in [1.29, 1.82) is 0 Å². The summed E-state index contributed by atoms with van der Waals surface area (Å²) in [6.45, 7) is 7.06. The highest BCUT2D eigenvalue weighted by Crippen LogP contribution is 2.29. The number of thiophene rings is 1. The normalized spacial score (nSPS) is 14.3. The van der Waals surface area contributed by atoms with E-state index in [2.05, 4.69) is 45.5 Å². The molecule has 3 rings (SSSR count). The molecule has 1 N–H and O–H groups in total. The second-order valence-corrected chi connectivity index (χ2v) is 5.74. The number of hydrogen-bond acceptors (Lipinski definition) is 5. The average molecular weight is 274 g/mol. The number of nitrogens with one attached hydrogen (secondary N) is 1. The van der Waals surface area contributed by atoms with Crippen LogP contribution in [0.25, 0.3) is 0 Å². The summed E-state index contributed by atoms with van der Waals surface area (Å²) in [5.74, 6) is 2.01. The second kappa shape index (κ2) is 5.17. The third-order valence-electron chi connectivity index (χ3n) is 3.51. The van der Waals surface area contributed by atoms with E-state index in [9.17, 15) is 0 Å². The molecule has 0 amide bonds. The van der Waals surface area contributed by atoms with Crippen LogP contribution in [0.1, 0.15) is 22.9 Å². The van der Waals surface area contributed by atoms with E-state index >= 15 is 0 Å². The fourth-order valence-corrected chi connectivity index (χ4v) is 3.42. The van der Waals surface area contributed by atoms with E-state index in [-0.39, 0.29) is 0 Å². The van der Waals surface area contributed by atoms with Gasteiger partial charge in [0.2, 0.25) is 0 Å². The van der Waals surface area contributed by atoms with Gasteiger partial charge in [0.15, 0.2) is 0 Å². The maximum atomic E-state index is 4.48. The van der Waals surface area contributed by atoms with Gasteiger partial charge in [0.1, 0.15) is 18.0 Å². The molecule has 0 aromatic carbocycles. The Kier molecular flexibility index (Phi) is 3.38. The van der Waals surface area contributed by atoms with Crippen molar-refractivity contribution in [3.8, 4) is 0 Å². The van der Waals surface area contributed by atoms with Gasteiger partial charge in [-0.2, -0.15) is 0 Å². The van der Waals surface area contributed by atoms with E-state index in [1.165, 1.54) is 10.4 Å². The van der Waals surface area contributed by atoms with Crippen LogP contribution < -0.4 is 10.2 Å². The standard InChI is InChI=1S/C14H18N4S/c1-3-15-13-10(2)14(17-9-16-13)18-6-4-12-11(8-18)5-7-19-12/h5,7,9H,3-4,6,8H2,1-2H3,(H,15,16,17). The lowest BCUT2D eigenvalue weighted by Gasteiger charge is -2.29. The van der Waals surface area contributed by atoms with E-state index < -0.39 is 0 Å². The van der Waals surface area contributed by atoms with Crippen molar-refractivity contribution in [2.75, 3.05) is 23.3 Å². The number of rotatable bonds is 3. The minimum absolute atomic E-state index is 0.881. The Labute approximate surface area is 117 Å². The van der Waals surface area contributed by atoms with Crippen molar-refractivity contribution in [3.63, 3.8) is 0 Å². The third kappa shape index (κ3) is 2.30. The molecule has 0 unspecified atom stereocenters. The molecule has 4 nitrogen and oxygen atoms in total.